The minimum Gasteiger partial charge on any atom is -0.497 e. The van der Waals surface area contributed by atoms with Crippen molar-refractivity contribution in [1.82, 2.24) is 10.2 Å². The third kappa shape index (κ3) is 7.36. The highest BCUT2D eigenvalue weighted by molar-refractivity contribution is 6.30. The predicted molar refractivity (Wildman–Crippen MR) is 131 cm³/mol. The first-order valence-electron chi connectivity index (χ1n) is 10.9. The number of amides is 2. The second-order valence-electron chi connectivity index (χ2n) is 7.88. The number of aryl methyl sites for hydroxylation is 1. The summed E-state index contributed by atoms with van der Waals surface area (Å²) in [6, 6.07) is 24.1. The van der Waals surface area contributed by atoms with Crippen LogP contribution in [0.25, 0.3) is 0 Å². The minimum absolute atomic E-state index is 0.0659. The van der Waals surface area contributed by atoms with Crippen molar-refractivity contribution in [3.05, 3.63) is 101 Å². The Bertz CT molecular complexity index is 1040. The predicted octanol–water partition coefficient (Wildman–Crippen LogP) is 5.01. The van der Waals surface area contributed by atoms with E-state index in [1.54, 1.807) is 31.1 Å². The summed E-state index contributed by atoms with van der Waals surface area (Å²) in [5.41, 5.74) is 2.97. The number of hydrogen-bond donors (Lipinski definition) is 1. The van der Waals surface area contributed by atoms with Crippen molar-refractivity contribution in [3.63, 3.8) is 0 Å². The summed E-state index contributed by atoms with van der Waals surface area (Å²) in [6.45, 7) is 2.48. The van der Waals surface area contributed by atoms with Gasteiger partial charge >= 0.3 is 0 Å². The molecule has 33 heavy (non-hydrogen) atoms. The van der Waals surface area contributed by atoms with Gasteiger partial charge in [0.2, 0.25) is 11.8 Å². The number of carbonyl (C=O) groups excluding carboxylic acids is 2. The van der Waals surface area contributed by atoms with Crippen LogP contribution in [0.3, 0.4) is 0 Å². The number of hydrogen-bond acceptors (Lipinski definition) is 3. The molecule has 3 aromatic carbocycles. The van der Waals surface area contributed by atoms with Crippen molar-refractivity contribution in [2.24, 2.45) is 0 Å². The van der Waals surface area contributed by atoms with Gasteiger partial charge < -0.3 is 15.0 Å². The van der Waals surface area contributed by atoms with Crippen LogP contribution in [0.2, 0.25) is 5.02 Å². The Morgan fingerprint density at radius 2 is 1.55 bits per heavy atom. The van der Waals surface area contributed by atoms with Gasteiger partial charge in [-0.25, -0.2) is 0 Å². The fourth-order valence-corrected chi connectivity index (χ4v) is 3.61. The lowest BCUT2D eigenvalue weighted by molar-refractivity contribution is -0.140. The van der Waals surface area contributed by atoms with Gasteiger partial charge in [-0.05, 0) is 54.3 Å². The molecule has 0 bridgehead atoms. The molecule has 0 aliphatic heterocycles. The Hall–Kier alpha value is -3.31. The molecule has 3 rings (SSSR count). The van der Waals surface area contributed by atoms with Crippen molar-refractivity contribution in [1.29, 1.82) is 0 Å². The Balaban J connectivity index is 1.69. The zero-order chi connectivity index (χ0) is 23.6. The molecular formula is C27H29ClN2O3. The van der Waals surface area contributed by atoms with Gasteiger partial charge in [-0.3, -0.25) is 9.59 Å². The Morgan fingerprint density at radius 3 is 2.18 bits per heavy atom. The first-order valence-corrected chi connectivity index (χ1v) is 11.3. The Kier molecular flexibility index (Phi) is 8.90. The van der Waals surface area contributed by atoms with Crippen LogP contribution in [0.5, 0.6) is 5.75 Å². The minimum atomic E-state index is -0.623. The first-order chi connectivity index (χ1) is 16.0. The fraction of sp³-hybridized carbons (Fsp3) is 0.259. The number of rotatable bonds is 10. The molecule has 0 aliphatic carbocycles. The van der Waals surface area contributed by atoms with Crippen LogP contribution >= 0.6 is 11.6 Å². The third-order valence-corrected chi connectivity index (χ3v) is 5.78. The molecule has 0 heterocycles. The largest absolute Gasteiger partial charge is 0.497 e. The molecule has 1 atom stereocenters. The van der Waals surface area contributed by atoms with Gasteiger partial charge in [0.05, 0.1) is 7.11 Å². The maximum Gasteiger partial charge on any atom is 0.242 e. The Labute approximate surface area is 200 Å². The van der Waals surface area contributed by atoms with Gasteiger partial charge in [0.15, 0.2) is 0 Å². The van der Waals surface area contributed by atoms with E-state index in [1.807, 2.05) is 66.7 Å². The van der Waals surface area contributed by atoms with Gasteiger partial charge in [0.1, 0.15) is 11.8 Å². The standard InChI is InChI=1S/C27H29ClN2O3/c1-20(27(32)29-18-22-8-13-24(28)14-9-22)30(19-23-10-15-25(33-2)16-11-23)26(31)17-12-21-6-4-3-5-7-21/h3-11,13-16,20H,12,17-19H2,1-2H3,(H,29,32)/t20-/m1/s1. The van der Waals surface area contributed by atoms with Crippen molar-refractivity contribution < 1.29 is 14.3 Å². The summed E-state index contributed by atoms with van der Waals surface area (Å²) in [5, 5.41) is 3.58. The van der Waals surface area contributed by atoms with Crippen molar-refractivity contribution in [3.8, 4) is 5.75 Å². The average molecular weight is 465 g/mol. The summed E-state index contributed by atoms with van der Waals surface area (Å²) in [5.74, 6) is 0.477. The van der Waals surface area contributed by atoms with Gasteiger partial charge in [0, 0.05) is 24.5 Å². The number of nitrogens with zero attached hydrogens (tertiary/aromatic N) is 1. The molecule has 0 radical (unpaired) electrons. The van der Waals surface area contributed by atoms with E-state index in [2.05, 4.69) is 5.32 Å². The lowest BCUT2D eigenvalue weighted by Gasteiger charge is -2.29. The lowest BCUT2D eigenvalue weighted by atomic mass is 10.1. The van der Waals surface area contributed by atoms with Crippen LogP contribution < -0.4 is 10.1 Å². The molecule has 0 saturated heterocycles. The monoisotopic (exact) mass is 464 g/mol. The fourth-order valence-electron chi connectivity index (χ4n) is 3.49. The van der Waals surface area contributed by atoms with E-state index in [0.717, 1.165) is 22.4 Å². The molecule has 6 heteroatoms. The van der Waals surface area contributed by atoms with Gasteiger partial charge in [0.25, 0.3) is 0 Å². The van der Waals surface area contributed by atoms with Crippen LogP contribution in [0.4, 0.5) is 0 Å². The van der Waals surface area contributed by atoms with Gasteiger partial charge in [-0.15, -0.1) is 0 Å². The molecule has 0 saturated carbocycles. The number of methoxy groups -OCH3 is 1. The number of carbonyl (C=O) groups is 2. The van der Waals surface area contributed by atoms with Crippen LogP contribution in [-0.2, 0) is 29.1 Å². The zero-order valence-corrected chi connectivity index (χ0v) is 19.7. The zero-order valence-electron chi connectivity index (χ0n) is 19.0. The molecule has 172 valence electrons. The van der Waals surface area contributed by atoms with E-state index in [0.29, 0.717) is 31.0 Å². The highest BCUT2D eigenvalue weighted by atomic mass is 35.5. The molecule has 2 amide bonds. The van der Waals surface area contributed by atoms with E-state index in [9.17, 15) is 9.59 Å². The summed E-state index contributed by atoms with van der Waals surface area (Å²) in [4.78, 5) is 27.8. The molecule has 0 aliphatic rings. The maximum absolute atomic E-state index is 13.2. The van der Waals surface area contributed by atoms with Crippen molar-refractivity contribution >= 4 is 23.4 Å². The molecule has 0 spiro atoms. The van der Waals surface area contributed by atoms with Gasteiger partial charge in [-0.2, -0.15) is 0 Å². The van der Waals surface area contributed by atoms with E-state index in [-0.39, 0.29) is 11.8 Å². The normalized spacial score (nSPS) is 11.5. The Morgan fingerprint density at radius 1 is 0.909 bits per heavy atom. The molecule has 0 unspecified atom stereocenters. The summed E-state index contributed by atoms with van der Waals surface area (Å²) < 4.78 is 5.22. The molecule has 0 fully saturated rings. The number of benzene rings is 3. The lowest BCUT2D eigenvalue weighted by Crippen LogP contribution is -2.47. The van der Waals surface area contributed by atoms with Crippen LogP contribution in [-0.4, -0.2) is 29.9 Å². The van der Waals surface area contributed by atoms with Crippen LogP contribution in [0.1, 0.15) is 30.0 Å². The van der Waals surface area contributed by atoms with Crippen LogP contribution in [0.15, 0.2) is 78.9 Å². The SMILES string of the molecule is COc1ccc(CN(C(=O)CCc2ccccc2)[C@H](C)C(=O)NCc2ccc(Cl)cc2)cc1. The summed E-state index contributed by atoms with van der Waals surface area (Å²) >= 11 is 5.93. The van der Waals surface area contributed by atoms with E-state index >= 15 is 0 Å². The molecule has 5 nitrogen and oxygen atoms in total. The maximum atomic E-state index is 13.2. The average Bonchev–Trinajstić information content (AvgIpc) is 2.86. The third-order valence-electron chi connectivity index (χ3n) is 5.53. The van der Waals surface area contributed by atoms with Gasteiger partial charge in [-0.1, -0.05) is 66.2 Å². The number of nitrogens with one attached hydrogen (secondary N) is 1. The first kappa shape index (κ1) is 24.3. The van der Waals surface area contributed by atoms with Crippen molar-refractivity contribution in [2.75, 3.05) is 7.11 Å². The summed E-state index contributed by atoms with van der Waals surface area (Å²) in [6.07, 6.45) is 0.951. The quantitative estimate of drug-likeness (QED) is 0.458. The molecule has 0 aromatic heterocycles. The van der Waals surface area contributed by atoms with E-state index < -0.39 is 6.04 Å². The molecule has 3 aromatic rings. The number of ether oxygens (including phenoxy) is 1. The second kappa shape index (κ2) is 12.1. The molecular weight excluding hydrogens is 436 g/mol. The molecule has 1 N–H and O–H groups in total. The summed E-state index contributed by atoms with van der Waals surface area (Å²) in [7, 11) is 1.61. The number of halogens is 1. The topological polar surface area (TPSA) is 58.6 Å². The highest BCUT2D eigenvalue weighted by Gasteiger charge is 2.25. The highest BCUT2D eigenvalue weighted by Crippen LogP contribution is 2.17. The van der Waals surface area contributed by atoms with Crippen molar-refractivity contribution in [2.45, 2.75) is 38.9 Å². The second-order valence-corrected chi connectivity index (χ2v) is 8.31. The van der Waals surface area contributed by atoms with E-state index in [4.69, 9.17) is 16.3 Å². The van der Waals surface area contributed by atoms with E-state index in [1.165, 1.54) is 0 Å². The van der Waals surface area contributed by atoms with Crippen LogP contribution in [0, 0.1) is 0 Å². The smallest absolute Gasteiger partial charge is 0.242 e.